The van der Waals surface area contributed by atoms with Crippen LogP contribution >= 0.6 is 23.7 Å². The minimum Gasteiger partial charge on any atom is -0.346 e. The van der Waals surface area contributed by atoms with E-state index in [1.807, 2.05) is 24.3 Å². The Balaban J connectivity index is 0.00000157. The highest BCUT2D eigenvalue weighted by molar-refractivity contribution is 7.21. The Kier molecular flexibility index (Phi) is 4.03. The molecule has 1 aliphatic carbocycles. The van der Waals surface area contributed by atoms with E-state index in [9.17, 15) is 10.1 Å². The lowest BCUT2D eigenvalue weighted by Gasteiger charge is -2.52. The molecule has 130 valence electrons. The number of carbonyl (C=O) groups excluding carboxylic acids is 1. The summed E-state index contributed by atoms with van der Waals surface area (Å²) in [5, 5.41) is 13.6. The van der Waals surface area contributed by atoms with Gasteiger partial charge in [-0.1, -0.05) is 12.1 Å². The number of nitrogens with one attached hydrogen (secondary N) is 1. The maximum Gasteiger partial charge on any atom is 0.261 e. The van der Waals surface area contributed by atoms with Crippen molar-refractivity contribution < 1.29 is 4.79 Å². The van der Waals surface area contributed by atoms with Crippen LogP contribution in [-0.4, -0.2) is 35.5 Å². The summed E-state index contributed by atoms with van der Waals surface area (Å²) in [6.45, 7) is 2.40. The number of piperidine rings is 3. The average Bonchev–Trinajstić information content (AvgIpc) is 3.26. The van der Waals surface area contributed by atoms with Gasteiger partial charge in [-0.3, -0.25) is 9.69 Å². The molecule has 6 heteroatoms. The third-order valence-electron chi connectivity index (χ3n) is 6.16. The molecule has 4 aliphatic rings. The Bertz CT molecular complexity index is 874. The number of nitrogens with zero attached hydrogens (tertiary/aromatic N) is 2. The van der Waals surface area contributed by atoms with E-state index in [1.165, 1.54) is 50.1 Å². The molecule has 1 aromatic carbocycles. The lowest BCUT2D eigenvalue weighted by atomic mass is 9.77. The number of nitriles is 1. The van der Waals surface area contributed by atoms with Gasteiger partial charge in [0.15, 0.2) is 0 Å². The second-order valence-electron chi connectivity index (χ2n) is 7.33. The molecule has 0 radical (unpaired) electrons. The Hall–Kier alpha value is -1.61. The van der Waals surface area contributed by atoms with Crippen LogP contribution in [0, 0.1) is 17.2 Å². The van der Waals surface area contributed by atoms with Gasteiger partial charge in [0.25, 0.3) is 5.91 Å². The van der Waals surface area contributed by atoms with Gasteiger partial charge < -0.3 is 5.32 Å². The van der Waals surface area contributed by atoms with Crippen LogP contribution < -0.4 is 5.32 Å². The van der Waals surface area contributed by atoms with Gasteiger partial charge in [0.2, 0.25) is 0 Å². The van der Waals surface area contributed by atoms with E-state index in [1.54, 1.807) is 0 Å². The van der Waals surface area contributed by atoms with Crippen molar-refractivity contribution >= 4 is 39.7 Å². The van der Waals surface area contributed by atoms with Crippen LogP contribution in [0.2, 0.25) is 0 Å². The molecule has 25 heavy (non-hydrogen) atoms. The second-order valence-corrected chi connectivity index (χ2v) is 8.38. The normalized spacial score (nSPS) is 28.4. The van der Waals surface area contributed by atoms with Crippen molar-refractivity contribution in [2.75, 3.05) is 13.1 Å². The fourth-order valence-electron chi connectivity index (χ4n) is 4.80. The summed E-state index contributed by atoms with van der Waals surface area (Å²) in [6, 6.07) is 10.1. The van der Waals surface area contributed by atoms with Crippen molar-refractivity contribution in [2.24, 2.45) is 5.92 Å². The summed E-state index contributed by atoms with van der Waals surface area (Å²) in [6.07, 6.45) is 4.86. The molecule has 1 spiro atoms. The van der Waals surface area contributed by atoms with Gasteiger partial charge in [-0.15, -0.1) is 23.7 Å². The van der Waals surface area contributed by atoms with Gasteiger partial charge in [0.1, 0.15) is 6.07 Å². The third kappa shape index (κ3) is 2.47. The van der Waals surface area contributed by atoms with Gasteiger partial charge in [-0.05, 0) is 62.2 Å². The smallest absolute Gasteiger partial charge is 0.261 e. The molecule has 4 heterocycles. The van der Waals surface area contributed by atoms with Crippen molar-refractivity contribution in [1.29, 1.82) is 5.26 Å². The predicted octanol–water partition coefficient (Wildman–Crippen LogP) is 3.55. The fraction of sp³-hybridized carbons (Fsp3) is 0.474. The number of benzene rings is 1. The van der Waals surface area contributed by atoms with Gasteiger partial charge in [-0.25, -0.2) is 0 Å². The fourth-order valence-corrected chi connectivity index (χ4v) is 5.82. The number of thiophene rings is 1. The number of hydrogen-bond acceptors (Lipinski definition) is 4. The molecular formula is C19H20ClN3OS. The zero-order chi connectivity index (χ0) is 16.3. The predicted molar refractivity (Wildman–Crippen MR) is 101 cm³/mol. The molecule has 2 bridgehead atoms. The minimum absolute atomic E-state index is 0. The summed E-state index contributed by atoms with van der Waals surface area (Å²) in [5.74, 6) is 0.663. The second kappa shape index (κ2) is 5.98. The van der Waals surface area contributed by atoms with E-state index in [4.69, 9.17) is 0 Å². The van der Waals surface area contributed by atoms with Crippen molar-refractivity contribution in [3.8, 4) is 6.07 Å². The quantitative estimate of drug-likeness (QED) is 0.875. The van der Waals surface area contributed by atoms with Crippen LogP contribution in [0.3, 0.4) is 0 Å². The first-order valence-electron chi connectivity index (χ1n) is 8.70. The average molecular weight is 374 g/mol. The molecule has 1 amide bonds. The molecule has 2 aromatic rings. The highest BCUT2D eigenvalue weighted by atomic mass is 35.5. The first-order valence-corrected chi connectivity index (χ1v) is 9.51. The van der Waals surface area contributed by atoms with Crippen LogP contribution in [0.15, 0.2) is 24.3 Å². The zero-order valence-electron chi connectivity index (χ0n) is 13.8. The molecule has 4 fully saturated rings. The van der Waals surface area contributed by atoms with Gasteiger partial charge in [-0.2, -0.15) is 5.26 Å². The topological polar surface area (TPSA) is 56.1 Å². The minimum atomic E-state index is 0. The molecule has 1 aromatic heterocycles. The van der Waals surface area contributed by atoms with Crippen molar-refractivity contribution in [3.05, 3.63) is 34.7 Å². The summed E-state index contributed by atoms with van der Waals surface area (Å²) < 4.78 is 0.917. The van der Waals surface area contributed by atoms with Crippen LogP contribution in [0.4, 0.5) is 0 Å². The number of carbonyl (C=O) groups is 1. The number of rotatable bonds is 2. The van der Waals surface area contributed by atoms with E-state index in [-0.39, 0.29) is 23.9 Å². The number of amides is 1. The number of hydrogen-bond donors (Lipinski definition) is 1. The lowest BCUT2D eigenvalue weighted by molar-refractivity contribution is -0.00138. The molecule has 1 atom stereocenters. The number of fused-ring (bicyclic) bond motifs is 3. The van der Waals surface area contributed by atoms with Crippen LogP contribution in [0.25, 0.3) is 10.1 Å². The van der Waals surface area contributed by atoms with Gasteiger partial charge in [0.05, 0.1) is 21.2 Å². The Morgan fingerprint density at radius 3 is 2.76 bits per heavy atom. The highest BCUT2D eigenvalue weighted by Crippen LogP contribution is 2.53. The van der Waals surface area contributed by atoms with E-state index in [0.717, 1.165) is 15.0 Å². The van der Waals surface area contributed by atoms with E-state index in [0.29, 0.717) is 17.5 Å². The molecule has 4 nitrogen and oxygen atoms in total. The standard InChI is InChI=1S/C19H19N3OS.ClH/c20-11-14-3-1-2-13-10-15(24-16(13)14)18(23)21-17-12-4-8-22(9-5-12)19(17)6-7-19;/h1-3,10,12,17H,4-9H2,(H,21,23);1H/t17-;/m1./s1. The maximum atomic E-state index is 12.9. The van der Waals surface area contributed by atoms with Gasteiger partial charge in [0, 0.05) is 5.54 Å². The highest BCUT2D eigenvalue weighted by Gasteiger charge is 2.60. The maximum absolute atomic E-state index is 12.9. The summed E-state index contributed by atoms with van der Waals surface area (Å²) in [4.78, 5) is 16.2. The molecule has 3 aliphatic heterocycles. The monoisotopic (exact) mass is 373 g/mol. The van der Waals surface area contributed by atoms with Crippen LogP contribution in [0.5, 0.6) is 0 Å². The van der Waals surface area contributed by atoms with Gasteiger partial charge >= 0.3 is 0 Å². The molecular weight excluding hydrogens is 354 g/mol. The van der Waals surface area contributed by atoms with E-state index >= 15 is 0 Å². The molecule has 1 saturated carbocycles. The molecule has 6 rings (SSSR count). The molecule has 0 unspecified atom stereocenters. The first kappa shape index (κ1) is 16.8. The summed E-state index contributed by atoms with van der Waals surface area (Å²) in [7, 11) is 0. The Labute approximate surface area is 157 Å². The Morgan fingerprint density at radius 1 is 1.32 bits per heavy atom. The first-order chi connectivity index (χ1) is 11.7. The van der Waals surface area contributed by atoms with Crippen LogP contribution in [0.1, 0.15) is 40.9 Å². The molecule has 1 N–H and O–H groups in total. The zero-order valence-corrected chi connectivity index (χ0v) is 15.5. The number of halogens is 1. The lowest BCUT2D eigenvalue weighted by Crippen LogP contribution is -2.65. The SMILES string of the molecule is Cl.N#Cc1cccc2cc(C(=O)N[C@@H]3C4CCN(CC4)C34CC4)sc12. The van der Waals surface area contributed by atoms with Crippen molar-refractivity contribution in [1.82, 2.24) is 10.2 Å². The van der Waals surface area contributed by atoms with E-state index in [2.05, 4.69) is 16.3 Å². The Morgan fingerprint density at radius 2 is 2.08 bits per heavy atom. The van der Waals surface area contributed by atoms with E-state index < -0.39 is 0 Å². The third-order valence-corrected chi connectivity index (χ3v) is 7.34. The summed E-state index contributed by atoms with van der Waals surface area (Å²) >= 11 is 1.44. The van der Waals surface area contributed by atoms with Crippen molar-refractivity contribution in [3.63, 3.8) is 0 Å². The largest absolute Gasteiger partial charge is 0.346 e. The van der Waals surface area contributed by atoms with Crippen molar-refractivity contribution in [2.45, 2.75) is 37.3 Å². The van der Waals surface area contributed by atoms with Crippen LogP contribution in [-0.2, 0) is 0 Å². The molecule has 3 saturated heterocycles. The summed E-state index contributed by atoms with van der Waals surface area (Å²) in [5.41, 5.74) is 0.906.